The summed E-state index contributed by atoms with van der Waals surface area (Å²) in [5.74, 6) is 0.462. The Bertz CT molecular complexity index is 419. The Morgan fingerprint density at radius 3 is 2.32 bits per heavy atom. The molecule has 6 heteroatoms. The van der Waals surface area contributed by atoms with Gasteiger partial charge in [-0.3, -0.25) is 4.79 Å². The molecular formula is C13H16O6. The van der Waals surface area contributed by atoms with Crippen molar-refractivity contribution in [1.29, 1.82) is 0 Å². The first-order valence-corrected chi connectivity index (χ1v) is 5.87. The maximum absolute atomic E-state index is 10.9. The van der Waals surface area contributed by atoms with Crippen molar-refractivity contribution in [3.8, 4) is 5.75 Å². The summed E-state index contributed by atoms with van der Waals surface area (Å²) in [6.45, 7) is -0.228. The summed E-state index contributed by atoms with van der Waals surface area (Å²) in [6, 6.07) is 6.64. The van der Waals surface area contributed by atoms with Crippen molar-refractivity contribution in [2.75, 3.05) is 20.3 Å². The molecule has 19 heavy (non-hydrogen) atoms. The first-order valence-electron chi connectivity index (χ1n) is 5.87. The Hall–Kier alpha value is -1.47. The third-order valence-electron chi connectivity index (χ3n) is 2.88. The minimum Gasteiger partial charge on any atom is -0.497 e. The van der Waals surface area contributed by atoms with E-state index in [9.17, 15) is 15.0 Å². The van der Waals surface area contributed by atoms with Crippen LogP contribution in [0, 0.1) is 0 Å². The third-order valence-corrected chi connectivity index (χ3v) is 2.88. The van der Waals surface area contributed by atoms with Crippen LogP contribution in [0.25, 0.3) is 0 Å². The van der Waals surface area contributed by atoms with Crippen LogP contribution in [0.1, 0.15) is 11.7 Å². The number of aliphatic hydroxyl groups excluding tert-OH is 2. The van der Waals surface area contributed by atoms with Gasteiger partial charge in [-0.15, -0.1) is 0 Å². The van der Waals surface area contributed by atoms with Crippen LogP contribution in [0.3, 0.4) is 0 Å². The van der Waals surface area contributed by atoms with Crippen LogP contribution in [-0.4, -0.2) is 48.7 Å². The van der Waals surface area contributed by atoms with Crippen molar-refractivity contribution in [1.82, 2.24) is 0 Å². The van der Waals surface area contributed by atoms with Crippen LogP contribution in [0.2, 0.25) is 0 Å². The van der Waals surface area contributed by atoms with Crippen molar-refractivity contribution in [3.63, 3.8) is 0 Å². The van der Waals surface area contributed by atoms with E-state index >= 15 is 0 Å². The molecule has 1 heterocycles. The number of benzene rings is 1. The van der Waals surface area contributed by atoms with Crippen LogP contribution < -0.4 is 4.74 Å². The lowest BCUT2D eigenvalue weighted by Gasteiger charge is -2.29. The number of rotatable bonds is 4. The lowest BCUT2D eigenvalue weighted by molar-refractivity contribution is -0.233. The topological polar surface area (TPSA) is 85.2 Å². The number of hydrogen-bond acceptors (Lipinski definition) is 6. The Morgan fingerprint density at radius 1 is 1.21 bits per heavy atom. The fraction of sp³-hybridized carbons (Fsp3) is 0.462. The van der Waals surface area contributed by atoms with Gasteiger partial charge in [0, 0.05) is 0 Å². The van der Waals surface area contributed by atoms with Gasteiger partial charge in [0.2, 0.25) is 0 Å². The van der Waals surface area contributed by atoms with E-state index < -0.39 is 18.5 Å². The average Bonchev–Trinajstić information content (AvgIpc) is 2.46. The quantitative estimate of drug-likeness (QED) is 0.801. The molecule has 2 rings (SSSR count). The van der Waals surface area contributed by atoms with E-state index in [2.05, 4.69) is 0 Å². The predicted molar refractivity (Wildman–Crippen MR) is 64.7 cm³/mol. The fourth-order valence-electron chi connectivity index (χ4n) is 1.78. The van der Waals surface area contributed by atoms with E-state index in [1.807, 2.05) is 0 Å². The molecule has 0 spiro atoms. The number of ketones is 1. The van der Waals surface area contributed by atoms with Crippen LogP contribution >= 0.6 is 0 Å². The number of Topliss-reactive ketones (excluding diaryl/α,β-unsaturated/α-hetero) is 1. The van der Waals surface area contributed by atoms with Crippen molar-refractivity contribution < 1.29 is 29.2 Å². The summed E-state index contributed by atoms with van der Waals surface area (Å²) >= 11 is 0. The van der Waals surface area contributed by atoms with Crippen LogP contribution in [0.15, 0.2) is 24.3 Å². The number of methoxy groups -OCH3 is 1. The summed E-state index contributed by atoms with van der Waals surface area (Å²) in [5.41, 5.74) is 0.511. The van der Waals surface area contributed by atoms with E-state index in [0.29, 0.717) is 11.3 Å². The maximum Gasteiger partial charge on any atom is 0.187 e. The average molecular weight is 268 g/mol. The van der Waals surface area contributed by atoms with E-state index in [1.165, 1.54) is 0 Å². The predicted octanol–water partition coefficient (Wildman–Crippen LogP) is 0.0315. The highest BCUT2D eigenvalue weighted by atomic mass is 16.7. The Balaban J connectivity index is 2.01. The number of ether oxygens (including phenoxy) is 3. The number of hydrogen-bond donors (Lipinski definition) is 2. The minimum atomic E-state index is -1.26. The number of carbonyl (C=O) groups excluding carboxylic acids is 1. The van der Waals surface area contributed by atoms with Gasteiger partial charge in [0.1, 0.15) is 31.2 Å². The van der Waals surface area contributed by atoms with Gasteiger partial charge >= 0.3 is 0 Å². The number of carbonyl (C=O) groups is 1. The van der Waals surface area contributed by atoms with Gasteiger partial charge < -0.3 is 24.4 Å². The molecule has 0 aromatic heterocycles. The van der Waals surface area contributed by atoms with Gasteiger partial charge in [-0.05, 0) is 17.7 Å². The fourth-order valence-corrected chi connectivity index (χ4v) is 1.78. The van der Waals surface area contributed by atoms with Crippen molar-refractivity contribution in [2.24, 2.45) is 0 Å². The molecule has 6 nitrogen and oxygen atoms in total. The lowest BCUT2D eigenvalue weighted by Crippen LogP contribution is -2.42. The van der Waals surface area contributed by atoms with Crippen molar-refractivity contribution >= 4 is 5.78 Å². The third kappa shape index (κ3) is 3.30. The molecule has 0 radical (unpaired) electrons. The molecule has 0 aliphatic carbocycles. The normalized spacial score (nSPS) is 20.1. The van der Waals surface area contributed by atoms with E-state index in [4.69, 9.17) is 14.2 Å². The molecule has 2 unspecified atom stereocenters. The zero-order valence-corrected chi connectivity index (χ0v) is 10.5. The minimum absolute atomic E-state index is 0.114. The molecule has 0 saturated carbocycles. The SMILES string of the molecule is COc1ccc(C(O)C(O)C2OCC(=O)CO2)cc1. The second-order valence-electron chi connectivity index (χ2n) is 4.24. The highest BCUT2D eigenvalue weighted by Gasteiger charge is 2.32. The second kappa shape index (κ2) is 6.12. The highest BCUT2D eigenvalue weighted by molar-refractivity contribution is 5.81. The molecule has 1 aromatic rings. The zero-order valence-electron chi connectivity index (χ0n) is 10.5. The summed E-state index contributed by atoms with van der Waals surface area (Å²) in [6.07, 6.45) is -3.43. The second-order valence-corrected chi connectivity index (χ2v) is 4.24. The molecule has 0 bridgehead atoms. The first-order chi connectivity index (χ1) is 9.11. The van der Waals surface area contributed by atoms with E-state index in [0.717, 1.165) is 0 Å². The van der Waals surface area contributed by atoms with Crippen molar-refractivity contribution in [2.45, 2.75) is 18.5 Å². The van der Waals surface area contributed by atoms with E-state index in [-0.39, 0.29) is 19.0 Å². The summed E-state index contributed by atoms with van der Waals surface area (Å²) in [4.78, 5) is 10.9. The van der Waals surface area contributed by atoms with Gasteiger partial charge in [0.15, 0.2) is 12.1 Å². The molecule has 2 atom stereocenters. The van der Waals surface area contributed by atoms with Gasteiger partial charge in [-0.25, -0.2) is 0 Å². The van der Waals surface area contributed by atoms with Gasteiger partial charge in [0.05, 0.1) is 7.11 Å². The first kappa shape index (κ1) is 14.0. The summed E-state index contributed by atoms with van der Waals surface area (Å²) < 4.78 is 15.1. The van der Waals surface area contributed by atoms with Crippen LogP contribution in [0.5, 0.6) is 5.75 Å². The molecule has 1 aromatic carbocycles. The van der Waals surface area contributed by atoms with Gasteiger partial charge in [0.25, 0.3) is 0 Å². The van der Waals surface area contributed by atoms with Gasteiger partial charge in [-0.1, -0.05) is 12.1 Å². The summed E-state index contributed by atoms with van der Waals surface area (Å²) in [5, 5.41) is 20.0. The zero-order chi connectivity index (χ0) is 13.8. The Labute approximate surface area is 110 Å². The molecule has 1 fully saturated rings. The Morgan fingerprint density at radius 2 is 1.79 bits per heavy atom. The molecular weight excluding hydrogens is 252 g/mol. The number of aliphatic hydroxyl groups is 2. The van der Waals surface area contributed by atoms with Crippen molar-refractivity contribution in [3.05, 3.63) is 29.8 Å². The molecule has 104 valence electrons. The molecule has 0 amide bonds. The highest BCUT2D eigenvalue weighted by Crippen LogP contribution is 2.24. The van der Waals surface area contributed by atoms with Crippen LogP contribution in [0.4, 0.5) is 0 Å². The standard InChI is InChI=1S/C13H16O6/c1-17-10-4-2-8(3-5-10)11(15)12(16)13-18-6-9(14)7-19-13/h2-5,11-13,15-16H,6-7H2,1H3. The molecule has 2 N–H and O–H groups in total. The molecule has 1 aliphatic heterocycles. The lowest BCUT2D eigenvalue weighted by atomic mass is 10.0. The largest absolute Gasteiger partial charge is 0.497 e. The Kier molecular flexibility index (Phi) is 4.49. The van der Waals surface area contributed by atoms with Gasteiger partial charge in [-0.2, -0.15) is 0 Å². The monoisotopic (exact) mass is 268 g/mol. The maximum atomic E-state index is 10.9. The molecule has 1 aliphatic rings. The summed E-state index contributed by atoms with van der Waals surface area (Å²) in [7, 11) is 1.54. The van der Waals surface area contributed by atoms with Crippen LogP contribution in [-0.2, 0) is 14.3 Å². The molecule has 1 saturated heterocycles. The van der Waals surface area contributed by atoms with E-state index in [1.54, 1.807) is 31.4 Å². The smallest absolute Gasteiger partial charge is 0.187 e.